The average molecular weight is 493 g/mol. The lowest BCUT2D eigenvalue weighted by atomic mass is 9.86. The Hall–Kier alpha value is -4.07. The Balaban J connectivity index is 1.33. The van der Waals surface area contributed by atoms with E-state index in [0.29, 0.717) is 18.8 Å². The van der Waals surface area contributed by atoms with Crippen molar-refractivity contribution in [3.63, 3.8) is 0 Å². The minimum Gasteiger partial charge on any atom is -0.396 e. The predicted molar refractivity (Wildman–Crippen MR) is 142 cm³/mol. The van der Waals surface area contributed by atoms with Crippen molar-refractivity contribution in [2.75, 3.05) is 11.9 Å². The highest BCUT2D eigenvalue weighted by Gasteiger charge is 2.55. The smallest absolute Gasteiger partial charge is 0.250 e. The summed E-state index contributed by atoms with van der Waals surface area (Å²) in [6.07, 6.45) is 3.56. The number of nitrogens with zero attached hydrogens (tertiary/aromatic N) is 3. The van der Waals surface area contributed by atoms with Crippen molar-refractivity contribution in [3.8, 4) is 11.1 Å². The number of carbonyl (C=O) groups is 1. The zero-order valence-electron chi connectivity index (χ0n) is 20.3. The molecule has 4 aromatic rings. The number of fused-ring (bicyclic) bond motifs is 4. The molecule has 6 rings (SSSR count). The molecule has 2 bridgehead atoms. The van der Waals surface area contributed by atoms with Crippen LogP contribution in [0, 0.1) is 11.8 Å². The number of carbonyl (C=O) groups excluding carboxylic acids is 1. The summed E-state index contributed by atoms with van der Waals surface area (Å²) in [5.41, 5.74) is 4.63. The zero-order chi connectivity index (χ0) is 25.4. The van der Waals surface area contributed by atoms with Crippen molar-refractivity contribution in [1.29, 1.82) is 0 Å². The van der Waals surface area contributed by atoms with Crippen molar-refractivity contribution >= 4 is 11.6 Å². The highest BCUT2D eigenvalue weighted by Crippen LogP contribution is 2.49. The maximum atomic E-state index is 13.8. The molecule has 7 nitrogen and oxygen atoms in total. The van der Waals surface area contributed by atoms with E-state index in [-0.39, 0.29) is 36.1 Å². The van der Waals surface area contributed by atoms with E-state index in [1.807, 2.05) is 66.9 Å². The molecular weight excluding hydrogens is 464 g/mol. The van der Waals surface area contributed by atoms with Gasteiger partial charge in [0, 0.05) is 61.5 Å². The number of aromatic nitrogens is 2. The summed E-state index contributed by atoms with van der Waals surface area (Å²) < 4.78 is 1.76. The quantitative estimate of drug-likeness (QED) is 0.429. The number of nitrogens with one attached hydrogen (secondary N) is 1. The Morgan fingerprint density at radius 1 is 0.946 bits per heavy atom. The Kier molecular flexibility index (Phi) is 6.16. The average Bonchev–Trinajstić information content (AvgIpc) is 3.14. The number of hydrogen-bond acceptors (Lipinski definition) is 5. The molecule has 4 heterocycles. The molecule has 7 heteroatoms. The van der Waals surface area contributed by atoms with Crippen LogP contribution in [0.3, 0.4) is 0 Å². The minimum atomic E-state index is -0.518. The van der Waals surface area contributed by atoms with Gasteiger partial charge in [0.2, 0.25) is 5.91 Å². The highest BCUT2D eigenvalue weighted by molar-refractivity contribution is 5.94. The molecule has 2 aliphatic heterocycles. The van der Waals surface area contributed by atoms with Crippen molar-refractivity contribution in [2.45, 2.75) is 25.2 Å². The van der Waals surface area contributed by atoms with E-state index in [1.54, 1.807) is 22.9 Å². The van der Waals surface area contributed by atoms with E-state index < -0.39 is 5.92 Å². The van der Waals surface area contributed by atoms with E-state index in [0.717, 1.165) is 22.4 Å². The van der Waals surface area contributed by atoms with Crippen molar-refractivity contribution in [3.05, 3.63) is 119 Å². The van der Waals surface area contributed by atoms with Gasteiger partial charge in [0.25, 0.3) is 5.56 Å². The van der Waals surface area contributed by atoms with E-state index in [1.165, 1.54) is 0 Å². The standard InChI is InChI=1S/C30H28N4O3/c35-19-24-26-18-33-25(9-4-10-27(33)36)29(34(26)17-20-6-5-15-31-16-20)28(24)30(37)32-23-13-11-22(12-14-23)21-7-2-1-3-8-21/h1-16,24,26,28-29,35H,17-19H2,(H,32,37)/t24-,26-,28+,29+/m1/s1. The first-order chi connectivity index (χ1) is 18.1. The van der Waals surface area contributed by atoms with Crippen molar-refractivity contribution in [1.82, 2.24) is 14.5 Å². The van der Waals surface area contributed by atoms with E-state index in [4.69, 9.17) is 0 Å². The van der Waals surface area contributed by atoms with Crippen molar-refractivity contribution in [2.24, 2.45) is 11.8 Å². The van der Waals surface area contributed by atoms with Gasteiger partial charge in [-0.3, -0.25) is 19.5 Å². The van der Waals surface area contributed by atoms with Gasteiger partial charge in [-0.05, 0) is 41.0 Å². The first-order valence-corrected chi connectivity index (χ1v) is 12.6. The van der Waals surface area contributed by atoms with Crippen LogP contribution in [0.25, 0.3) is 11.1 Å². The second kappa shape index (κ2) is 9.76. The van der Waals surface area contributed by atoms with Gasteiger partial charge >= 0.3 is 0 Å². The topological polar surface area (TPSA) is 87.5 Å². The Morgan fingerprint density at radius 2 is 1.73 bits per heavy atom. The van der Waals surface area contributed by atoms with Crippen LogP contribution in [-0.2, 0) is 17.9 Å². The van der Waals surface area contributed by atoms with Crippen LogP contribution in [0.1, 0.15) is 17.3 Å². The lowest BCUT2D eigenvalue weighted by molar-refractivity contribution is -0.122. The van der Waals surface area contributed by atoms with E-state index in [9.17, 15) is 14.7 Å². The summed E-state index contributed by atoms with van der Waals surface area (Å²) in [5, 5.41) is 13.6. The van der Waals surface area contributed by atoms with Gasteiger partial charge in [-0.25, -0.2) is 0 Å². The Morgan fingerprint density at radius 3 is 2.46 bits per heavy atom. The summed E-state index contributed by atoms with van der Waals surface area (Å²) in [4.78, 5) is 33.1. The van der Waals surface area contributed by atoms with Crippen molar-refractivity contribution < 1.29 is 9.90 Å². The second-order valence-corrected chi connectivity index (χ2v) is 9.75. The molecule has 1 amide bonds. The molecule has 2 N–H and O–H groups in total. The molecule has 2 aliphatic rings. The number of pyridine rings is 2. The number of anilines is 1. The molecule has 4 atom stereocenters. The third-order valence-electron chi connectivity index (χ3n) is 7.70. The van der Waals surface area contributed by atoms with Crippen LogP contribution in [0.2, 0.25) is 0 Å². The Bertz CT molecular complexity index is 1450. The molecule has 0 saturated carbocycles. The largest absolute Gasteiger partial charge is 0.396 e. The molecule has 0 aliphatic carbocycles. The van der Waals surface area contributed by atoms with Gasteiger partial charge in [0.15, 0.2) is 0 Å². The monoisotopic (exact) mass is 492 g/mol. The van der Waals surface area contributed by atoms with Crippen LogP contribution in [0.4, 0.5) is 5.69 Å². The van der Waals surface area contributed by atoms with Gasteiger partial charge in [-0.2, -0.15) is 0 Å². The number of aliphatic hydroxyl groups is 1. The van der Waals surface area contributed by atoms with Gasteiger partial charge in [0.1, 0.15) is 0 Å². The summed E-state index contributed by atoms with van der Waals surface area (Å²) in [5.74, 6) is -0.986. The van der Waals surface area contributed by atoms with E-state index in [2.05, 4.69) is 27.3 Å². The van der Waals surface area contributed by atoms with Crippen LogP contribution in [0.15, 0.2) is 102 Å². The molecule has 186 valence electrons. The molecular formula is C30H28N4O3. The number of rotatable bonds is 6. The fourth-order valence-electron chi connectivity index (χ4n) is 6.00. The number of hydrogen-bond donors (Lipinski definition) is 2. The van der Waals surface area contributed by atoms with Gasteiger partial charge in [-0.15, -0.1) is 0 Å². The summed E-state index contributed by atoms with van der Waals surface area (Å²) >= 11 is 0. The van der Waals surface area contributed by atoms with Gasteiger partial charge in [0.05, 0.1) is 12.0 Å². The van der Waals surface area contributed by atoms with Gasteiger partial charge < -0.3 is 15.0 Å². The van der Waals surface area contributed by atoms with E-state index >= 15 is 0 Å². The van der Waals surface area contributed by atoms with Crippen LogP contribution in [0.5, 0.6) is 0 Å². The summed E-state index contributed by atoms with van der Waals surface area (Å²) in [6, 6.07) is 26.5. The SMILES string of the molecule is O=C(Nc1ccc(-c2ccccc2)cc1)[C@H]1[C@H](CO)[C@H]2Cn3c(cccc3=O)[C@@H]1N2Cc1cccnc1. The fourth-order valence-corrected chi connectivity index (χ4v) is 6.00. The third kappa shape index (κ3) is 4.26. The maximum Gasteiger partial charge on any atom is 0.250 e. The minimum absolute atomic E-state index is 0.0808. The fraction of sp³-hybridized carbons (Fsp3) is 0.233. The predicted octanol–water partition coefficient (Wildman–Crippen LogP) is 3.71. The summed E-state index contributed by atoms with van der Waals surface area (Å²) in [6.45, 7) is 0.878. The molecule has 0 radical (unpaired) electrons. The second-order valence-electron chi connectivity index (χ2n) is 9.75. The lowest BCUT2D eigenvalue weighted by Gasteiger charge is -2.38. The summed E-state index contributed by atoms with van der Waals surface area (Å²) in [7, 11) is 0. The molecule has 37 heavy (non-hydrogen) atoms. The molecule has 2 aromatic carbocycles. The molecule has 0 unspecified atom stereocenters. The first-order valence-electron chi connectivity index (χ1n) is 12.6. The highest BCUT2D eigenvalue weighted by atomic mass is 16.3. The Labute approximate surface area is 215 Å². The lowest BCUT2D eigenvalue weighted by Crippen LogP contribution is -2.45. The third-order valence-corrected chi connectivity index (χ3v) is 7.70. The normalized spacial score (nSPS) is 22.4. The molecule has 1 saturated heterocycles. The number of amides is 1. The number of aliphatic hydroxyl groups excluding tert-OH is 1. The van der Waals surface area contributed by atoms with Crippen LogP contribution in [-0.4, -0.2) is 38.1 Å². The number of benzene rings is 2. The zero-order valence-corrected chi connectivity index (χ0v) is 20.3. The molecule has 2 aromatic heterocycles. The molecule has 0 spiro atoms. The van der Waals surface area contributed by atoms with Crippen LogP contribution < -0.4 is 10.9 Å². The maximum absolute atomic E-state index is 13.8. The van der Waals surface area contributed by atoms with Crippen LogP contribution >= 0.6 is 0 Å². The first kappa shape index (κ1) is 23.3. The van der Waals surface area contributed by atoms with Gasteiger partial charge in [-0.1, -0.05) is 54.6 Å². The molecule has 1 fully saturated rings.